The van der Waals surface area contributed by atoms with E-state index in [4.69, 9.17) is 44.3 Å². The second-order valence-corrected chi connectivity index (χ2v) is 6.67. The molecule has 0 radical (unpaired) electrons. The standard InChI is InChI=1S/C13H14Cl3NO4/c1-9(11(18)21-8-13(14,15)16)17-12(19)20-7-10-5-3-2-4-6-10/h2-6,9H,7-8H2,1H3,(H,17,19)/t9-/m0/s1. The quantitative estimate of drug-likeness (QED) is 0.651. The Morgan fingerprint density at radius 2 is 1.81 bits per heavy atom. The van der Waals surface area contributed by atoms with Gasteiger partial charge in [0.05, 0.1) is 0 Å². The Morgan fingerprint density at radius 3 is 2.38 bits per heavy atom. The third kappa shape index (κ3) is 7.99. The maximum absolute atomic E-state index is 11.5. The summed E-state index contributed by atoms with van der Waals surface area (Å²) in [7, 11) is 0. The van der Waals surface area contributed by atoms with Crippen LogP contribution in [0, 0.1) is 0 Å². The second kappa shape index (κ2) is 8.32. The molecule has 0 aliphatic carbocycles. The van der Waals surface area contributed by atoms with E-state index in [1.807, 2.05) is 30.3 Å². The summed E-state index contributed by atoms with van der Waals surface area (Å²) in [5.74, 6) is -0.724. The summed E-state index contributed by atoms with van der Waals surface area (Å²) >= 11 is 16.3. The van der Waals surface area contributed by atoms with Gasteiger partial charge in [0.2, 0.25) is 3.79 Å². The van der Waals surface area contributed by atoms with Gasteiger partial charge < -0.3 is 14.8 Å². The summed E-state index contributed by atoms with van der Waals surface area (Å²) in [5, 5.41) is 2.32. The molecular weight excluding hydrogens is 341 g/mol. The summed E-state index contributed by atoms with van der Waals surface area (Å²) in [6.07, 6.45) is -0.739. The van der Waals surface area contributed by atoms with Gasteiger partial charge in [-0.1, -0.05) is 65.1 Å². The van der Waals surface area contributed by atoms with Crippen molar-refractivity contribution in [3.05, 3.63) is 35.9 Å². The van der Waals surface area contributed by atoms with Crippen LogP contribution in [0.3, 0.4) is 0 Å². The van der Waals surface area contributed by atoms with Crippen molar-refractivity contribution in [2.24, 2.45) is 0 Å². The molecule has 0 saturated heterocycles. The van der Waals surface area contributed by atoms with Crippen molar-refractivity contribution in [1.29, 1.82) is 0 Å². The normalized spacial score (nSPS) is 12.4. The van der Waals surface area contributed by atoms with Crippen LogP contribution in [0.25, 0.3) is 0 Å². The molecule has 21 heavy (non-hydrogen) atoms. The summed E-state index contributed by atoms with van der Waals surface area (Å²) in [6, 6.07) is 8.21. The summed E-state index contributed by atoms with van der Waals surface area (Å²) in [5.41, 5.74) is 0.832. The second-order valence-electron chi connectivity index (χ2n) is 4.15. The SMILES string of the molecule is C[C@H](NC(=O)OCc1ccccc1)C(=O)OCC(Cl)(Cl)Cl. The monoisotopic (exact) mass is 353 g/mol. The first-order valence-corrected chi connectivity index (χ1v) is 7.12. The third-order valence-electron chi connectivity index (χ3n) is 2.28. The Labute approximate surface area is 137 Å². The Bertz CT molecular complexity index is 476. The van der Waals surface area contributed by atoms with Crippen molar-refractivity contribution in [3.63, 3.8) is 0 Å². The predicted molar refractivity (Wildman–Crippen MR) is 80.5 cm³/mol. The van der Waals surface area contributed by atoms with E-state index in [1.54, 1.807) is 0 Å². The van der Waals surface area contributed by atoms with Crippen LogP contribution < -0.4 is 5.32 Å². The van der Waals surface area contributed by atoms with E-state index < -0.39 is 28.5 Å². The summed E-state index contributed by atoms with van der Waals surface area (Å²) < 4.78 is 7.99. The van der Waals surface area contributed by atoms with E-state index in [0.29, 0.717) is 0 Å². The fourth-order valence-electron chi connectivity index (χ4n) is 1.28. The fourth-order valence-corrected chi connectivity index (χ4v) is 1.44. The zero-order valence-corrected chi connectivity index (χ0v) is 13.4. The van der Waals surface area contributed by atoms with Gasteiger partial charge in [-0.25, -0.2) is 9.59 Å². The lowest BCUT2D eigenvalue weighted by molar-refractivity contribution is -0.145. The highest BCUT2D eigenvalue weighted by molar-refractivity contribution is 6.67. The number of hydrogen-bond acceptors (Lipinski definition) is 4. The van der Waals surface area contributed by atoms with Gasteiger partial charge in [0.1, 0.15) is 19.3 Å². The Hall–Kier alpha value is -1.17. The number of halogens is 3. The lowest BCUT2D eigenvalue weighted by Crippen LogP contribution is -2.40. The molecular formula is C13H14Cl3NO4. The average molecular weight is 355 g/mol. The first-order chi connectivity index (χ1) is 9.78. The molecule has 0 bridgehead atoms. The number of nitrogens with one attached hydrogen (secondary N) is 1. The van der Waals surface area contributed by atoms with E-state index in [9.17, 15) is 9.59 Å². The van der Waals surface area contributed by atoms with E-state index in [2.05, 4.69) is 5.32 Å². The fraction of sp³-hybridized carbons (Fsp3) is 0.385. The number of ether oxygens (including phenoxy) is 2. The molecule has 1 amide bonds. The molecule has 1 atom stereocenters. The van der Waals surface area contributed by atoms with Crippen molar-refractivity contribution in [3.8, 4) is 0 Å². The summed E-state index contributed by atoms with van der Waals surface area (Å²) in [4.78, 5) is 23.0. The maximum Gasteiger partial charge on any atom is 0.408 e. The lowest BCUT2D eigenvalue weighted by atomic mass is 10.2. The number of carbonyl (C=O) groups excluding carboxylic acids is 2. The molecule has 1 N–H and O–H groups in total. The van der Waals surface area contributed by atoms with Crippen molar-refractivity contribution >= 4 is 46.9 Å². The number of alkyl carbamates (subject to hydrolysis) is 1. The van der Waals surface area contributed by atoms with Crippen molar-refractivity contribution < 1.29 is 19.1 Å². The van der Waals surface area contributed by atoms with Gasteiger partial charge in [-0.05, 0) is 12.5 Å². The van der Waals surface area contributed by atoms with Crippen LogP contribution in [0.4, 0.5) is 4.79 Å². The Balaban J connectivity index is 2.31. The number of alkyl halides is 3. The highest BCUT2D eigenvalue weighted by Crippen LogP contribution is 2.25. The predicted octanol–water partition coefficient (Wildman–Crippen LogP) is 3.21. The number of carbonyl (C=O) groups is 2. The first kappa shape index (κ1) is 17.9. The maximum atomic E-state index is 11.5. The largest absolute Gasteiger partial charge is 0.460 e. The molecule has 0 heterocycles. The molecule has 8 heteroatoms. The van der Waals surface area contributed by atoms with Crippen molar-refractivity contribution in [2.75, 3.05) is 6.61 Å². The van der Waals surface area contributed by atoms with Gasteiger partial charge in [-0.15, -0.1) is 0 Å². The highest BCUT2D eigenvalue weighted by Gasteiger charge is 2.25. The van der Waals surface area contributed by atoms with Crippen LogP contribution in [0.5, 0.6) is 0 Å². The number of hydrogen-bond donors (Lipinski definition) is 1. The molecule has 0 aliphatic heterocycles. The average Bonchev–Trinajstić information content (AvgIpc) is 2.42. The highest BCUT2D eigenvalue weighted by atomic mass is 35.6. The minimum absolute atomic E-state index is 0.0998. The van der Waals surface area contributed by atoms with E-state index in [0.717, 1.165) is 5.56 Å². The molecule has 1 aromatic carbocycles. The van der Waals surface area contributed by atoms with E-state index >= 15 is 0 Å². The number of amides is 1. The molecule has 0 spiro atoms. The number of esters is 1. The minimum atomic E-state index is -1.69. The molecule has 1 aromatic rings. The van der Waals surface area contributed by atoms with Gasteiger partial charge in [0.15, 0.2) is 0 Å². The molecule has 1 rings (SSSR count). The molecule has 0 aliphatic rings. The Morgan fingerprint density at radius 1 is 1.19 bits per heavy atom. The van der Waals surface area contributed by atoms with Gasteiger partial charge >= 0.3 is 12.1 Å². The molecule has 5 nitrogen and oxygen atoms in total. The van der Waals surface area contributed by atoms with Crippen molar-refractivity contribution in [2.45, 2.75) is 23.4 Å². The summed E-state index contributed by atoms with van der Waals surface area (Å²) in [6.45, 7) is 1.13. The molecule has 116 valence electrons. The molecule has 0 fully saturated rings. The number of benzene rings is 1. The third-order valence-corrected chi connectivity index (χ3v) is 2.61. The van der Waals surface area contributed by atoms with Crippen LogP contribution in [0.1, 0.15) is 12.5 Å². The van der Waals surface area contributed by atoms with Crippen LogP contribution in [-0.2, 0) is 20.9 Å². The van der Waals surface area contributed by atoms with Gasteiger partial charge in [0, 0.05) is 0 Å². The smallest absolute Gasteiger partial charge is 0.408 e. The van der Waals surface area contributed by atoms with Gasteiger partial charge in [-0.2, -0.15) is 0 Å². The molecule has 0 unspecified atom stereocenters. The Kier molecular flexibility index (Phi) is 7.08. The van der Waals surface area contributed by atoms with Crippen LogP contribution >= 0.6 is 34.8 Å². The molecule has 0 aromatic heterocycles. The van der Waals surface area contributed by atoms with E-state index in [1.165, 1.54) is 6.92 Å². The van der Waals surface area contributed by atoms with Crippen LogP contribution in [0.15, 0.2) is 30.3 Å². The van der Waals surface area contributed by atoms with Crippen LogP contribution in [-0.4, -0.2) is 28.5 Å². The lowest BCUT2D eigenvalue weighted by Gasteiger charge is -2.16. The van der Waals surface area contributed by atoms with E-state index in [-0.39, 0.29) is 6.61 Å². The minimum Gasteiger partial charge on any atom is -0.460 e. The zero-order valence-electron chi connectivity index (χ0n) is 11.1. The number of rotatable bonds is 5. The van der Waals surface area contributed by atoms with Gasteiger partial charge in [-0.3, -0.25) is 0 Å². The van der Waals surface area contributed by atoms with Gasteiger partial charge in [0.25, 0.3) is 0 Å². The topological polar surface area (TPSA) is 64.6 Å². The molecule has 0 saturated carbocycles. The zero-order chi connectivity index (χ0) is 15.9. The van der Waals surface area contributed by atoms with Crippen molar-refractivity contribution in [1.82, 2.24) is 5.32 Å². The first-order valence-electron chi connectivity index (χ1n) is 5.98. The van der Waals surface area contributed by atoms with Crippen LogP contribution in [0.2, 0.25) is 0 Å².